The van der Waals surface area contributed by atoms with Crippen LogP contribution in [0, 0.1) is 5.41 Å². The fraction of sp³-hybridized carbons (Fsp3) is 0.529. The number of hydrogen-bond acceptors (Lipinski definition) is 4. The molecule has 0 unspecified atom stereocenters. The van der Waals surface area contributed by atoms with E-state index in [1.807, 2.05) is 41.5 Å². The molecule has 1 aromatic rings. The first-order chi connectivity index (χ1) is 10.6. The van der Waals surface area contributed by atoms with Crippen LogP contribution in [-0.4, -0.2) is 27.9 Å². The molecule has 24 heavy (non-hydrogen) atoms. The summed E-state index contributed by atoms with van der Waals surface area (Å²) in [6.07, 6.45) is -2.58. The largest absolute Gasteiger partial charge is 0.430 e. The number of nitrogens with two attached hydrogens (primary N) is 1. The second-order valence-corrected chi connectivity index (χ2v) is 7.59. The van der Waals surface area contributed by atoms with Crippen LogP contribution in [0.3, 0.4) is 0 Å². The molecule has 1 heterocycles. The van der Waals surface area contributed by atoms with E-state index >= 15 is 0 Å². The fourth-order valence-corrected chi connectivity index (χ4v) is 2.80. The second-order valence-electron chi connectivity index (χ2n) is 7.59. The number of aromatic nitrogens is 1. The van der Waals surface area contributed by atoms with Crippen molar-refractivity contribution in [3.05, 3.63) is 35.8 Å². The van der Waals surface area contributed by atoms with Gasteiger partial charge in [0.1, 0.15) is 5.70 Å². The Morgan fingerprint density at radius 1 is 1.12 bits per heavy atom. The number of nitrogens with zero attached hydrogens (tertiary/aromatic N) is 2. The molecule has 0 atom stereocenters. The lowest BCUT2D eigenvalue weighted by Gasteiger charge is -2.47. The number of anilines is 1. The predicted molar refractivity (Wildman–Crippen MR) is 91.4 cm³/mol. The van der Waals surface area contributed by atoms with Gasteiger partial charge < -0.3 is 10.6 Å². The Morgan fingerprint density at radius 3 is 2.04 bits per heavy atom. The third kappa shape index (κ3) is 4.97. The van der Waals surface area contributed by atoms with E-state index in [4.69, 9.17) is 11.1 Å². The van der Waals surface area contributed by atoms with Crippen molar-refractivity contribution in [2.75, 3.05) is 4.90 Å². The van der Waals surface area contributed by atoms with Gasteiger partial charge in [0.25, 0.3) is 0 Å². The molecule has 0 aromatic carbocycles. The molecule has 0 aliphatic carbocycles. The minimum atomic E-state index is -4.66. The molecule has 0 amide bonds. The average molecular weight is 342 g/mol. The van der Waals surface area contributed by atoms with Crippen LogP contribution >= 0.6 is 0 Å². The molecule has 0 radical (unpaired) electrons. The van der Waals surface area contributed by atoms with Crippen LogP contribution in [0.25, 0.3) is 0 Å². The Morgan fingerprint density at radius 2 is 1.62 bits per heavy atom. The minimum Gasteiger partial charge on any atom is -0.395 e. The van der Waals surface area contributed by atoms with E-state index in [-0.39, 0.29) is 22.5 Å². The van der Waals surface area contributed by atoms with Crippen LogP contribution in [0.15, 0.2) is 30.1 Å². The van der Waals surface area contributed by atoms with Gasteiger partial charge in [0, 0.05) is 23.0 Å². The highest BCUT2D eigenvalue weighted by Gasteiger charge is 2.33. The quantitative estimate of drug-likeness (QED) is 0.807. The third-order valence-electron chi connectivity index (χ3n) is 3.25. The summed E-state index contributed by atoms with van der Waals surface area (Å²) in [6.45, 7) is 12.3. The van der Waals surface area contributed by atoms with Crippen LogP contribution in [0.4, 0.5) is 18.9 Å². The van der Waals surface area contributed by atoms with Crippen molar-refractivity contribution in [3.8, 4) is 0 Å². The Bertz CT molecular complexity index is 620. The van der Waals surface area contributed by atoms with E-state index < -0.39 is 11.9 Å². The van der Waals surface area contributed by atoms with Gasteiger partial charge in [0.2, 0.25) is 0 Å². The predicted octanol–water partition coefficient (Wildman–Crippen LogP) is 4.26. The van der Waals surface area contributed by atoms with E-state index in [0.29, 0.717) is 6.08 Å². The van der Waals surface area contributed by atoms with Gasteiger partial charge in [-0.15, -0.1) is 0 Å². The Hall–Kier alpha value is -2.05. The third-order valence-corrected chi connectivity index (χ3v) is 3.25. The van der Waals surface area contributed by atoms with E-state index in [2.05, 4.69) is 9.88 Å². The van der Waals surface area contributed by atoms with E-state index in [1.54, 1.807) is 12.1 Å². The molecule has 1 aromatic heterocycles. The summed E-state index contributed by atoms with van der Waals surface area (Å²) in [5.41, 5.74) is 3.76. The molecule has 0 aliphatic rings. The lowest BCUT2D eigenvalue weighted by Crippen LogP contribution is -2.53. The summed E-state index contributed by atoms with van der Waals surface area (Å²) >= 11 is 0. The average Bonchev–Trinajstić information content (AvgIpc) is 2.34. The van der Waals surface area contributed by atoms with Crippen molar-refractivity contribution in [1.29, 1.82) is 5.41 Å². The standard InChI is InChI=1S/C17H25F3N4/c1-15(2,3)24(16(4,5)6)11-7-8-23-13(9-11)12(21)10-14(22)17(18,19)20/h7-10,21H,22H2,1-6H3. The van der Waals surface area contributed by atoms with Gasteiger partial charge in [-0.25, -0.2) is 0 Å². The van der Waals surface area contributed by atoms with Gasteiger partial charge in [-0.3, -0.25) is 10.4 Å². The van der Waals surface area contributed by atoms with Gasteiger partial charge in [-0.05, 0) is 59.8 Å². The van der Waals surface area contributed by atoms with Crippen molar-refractivity contribution in [2.45, 2.75) is 58.8 Å². The molecule has 1 rings (SSSR count). The molecule has 0 saturated carbocycles. The fourth-order valence-electron chi connectivity index (χ4n) is 2.80. The zero-order valence-corrected chi connectivity index (χ0v) is 14.9. The number of pyridine rings is 1. The highest BCUT2D eigenvalue weighted by atomic mass is 19.4. The van der Waals surface area contributed by atoms with Crippen LogP contribution in [0.5, 0.6) is 0 Å². The highest BCUT2D eigenvalue weighted by molar-refractivity contribution is 6.06. The Labute approximate surface area is 141 Å². The topological polar surface area (TPSA) is 66.0 Å². The maximum absolute atomic E-state index is 12.5. The van der Waals surface area contributed by atoms with Crippen molar-refractivity contribution >= 4 is 11.4 Å². The number of alkyl halides is 3. The monoisotopic (exact) mass is 342 g/mol. The lowest BCUT2D eigenvalue weighted by atomic mass is 9.94. The molecular formula is C17H25F3N4. The second kappa shape index (κ2) is 6.45. The Kier molecular flexibility index (Phi) is 5.38. The number of allylic oxidation sites excluding steroid dienone is 2. The molecule has 3 N–H and O–H groups in total. The van der Waals surface area contributed by atoms with Gasteiger partial charge in [0.15, 0.2) is 0 Å². The van der Waals surface area contributed by atoms with Crippen LogP contribution in [-0.2, 0) is 0 Å². The minimum absolute atomic E-state index is 0.137. The number of hydrogen-bond donors (Lipinski definition) is 2. The first kappa shape index (κ1) is 20.0. The molecular weight excluding hydrogens is 317 g/mol. The van der Waals surface area contributed by atoms with Crippen LogP contribution < -0.4 is 10.6 Å². The summed E-state index contributed by atoms with van der Waals surface area (Å²) in [5.74, 6) is 0. The lowest BCUT2D eigenvalue weighted by molar-refractivity contribution is -0.0925. The van der Waals surface area contributed by atoms with Gasteiger partial charge in [-0.1, -0.05) is 0 Å². The first-order valence-electron chi connectivity index (χ1n) is 7.53. The molecule has 7 heteroatoms. The maximum Gasteiger partial charge on any atom is 0.430 e. The van der Waals surface area contributed by atoms with Crippen LogP contribution in [0.1, 0.15) is 47.2 Å². The van der Waals surface area contributed by atoms with Crippen molar-refractivity contribution < 1.29 is 13.2 Å². The first-order valence-corrected chi connectivity index (χ1v) is 7.53. The summed E-state index contributed by atoms with van der Waals surface area (Å²) in [5, 5.41) is 7.85. The summed E-state index contributed by atoms with van der Waals surface area (Å²) in [6, 6.07) is 3.39. The van der Waals surface area contributed by atoms with Gasteiger partial charge in [-0.2, -0.15) is 13.2 Å². The van der Waals surface area contributed by atoms with E-state index in [1.165, 1.54) is 6.20 Å². The molecule has 0 saturated heterocycles. The smallest absolute Gasteiger partial charge is 0.395 e. The zero-order valence-electron chi connectivity index (χ0n) is 14.9. The summed E-state index contributed by atoms with van der Waals surface area (Å²) in [4.78, 5) is 6.14. The van der Waals surface area contributed by atoms with Crippen molar-refractivity contribution in [2.24, 2.45) is 5.73 Å². The van der Waals surface area contributed by atoms with E-state index in [9.17, 15) is 13.2 Å². The van der Waals surface area contributed by atoms with Crippen molar-refractivity contribution in [3.63, 3.8) is 0 Å². The number of rotatable bonds is 3. The maximum atomic E-state index is 12.5. The molecule has 0 bridgehead atoms. The Balaban J connectivity index is 3.30. The molecule has 134 valence electrons. The SMILES string of the molecule is CC(C)(C)N(c1ccnc(C(=N)C=C(N)C(F)(F)F)c1)C(C)(C)C. The normalized spacial score (nSPS) is 13.8. The zero-order chi connectivity index (χ0) is 18.9. The van der Waals surface area contributed by atoms with Crippen LogP contribution in [0.2, 0.25) is 0 Å². The molecule has 0 spiro atoms. The number of nitrogens with one attached hydrogen (secondary N) is 1. The summed E-state index contributed by atoms with van der Waals surface area (Å²) < 4.78 is 37.6. The van der Waals surface area contributed by atoms with E-state index in [0.717, 1.165) is 5.69 Å². The van der Waals surface area contributed by atoms with Crippen molar-refractivity contribution in [1.82, 2.24) is 4.98 Å². The summed E-state index contributed by atoms with van der Waals surface area (Å²) in [7, 11) is 0. The van der Waals surface area contributed by atoms with Gasteiger partial charge >= 0.3 is 6.18 Å². The number of halogens is 3. The van der Waals surface area contributed by atoms with Gasteiger partial charge in [0.05, 0.1) is 11.4 Å². The molecule has 4 nitrogen and oxygen atoms in total. The molecule has 0 fully saturated rings. The highest BCUT2D eigenvalue weighted by Crippen LogP contribution is 2.32. The molecule has 0 aliphatic heterocycles.